The molecule has 210 valence electrons. The Morgan fingerprint density at radius 3 is 0.975 bits per heavy atom. The minimum Gasteiger partial charge on any atom is -0.457 e. The topological polar surface area (TPSA) is 105 Å². The Labute approximate surface area is 234 Å². The summed E-state index contributed by atoms with van der Waals surface area (Å²) in [5, 5.41) is 0. The van der Waals surface area contributed by atoms with E-state index in [0.717, 1.165) is 11.1 Å². The van der Waals surface area contributed by atoms with E-state index in [9.17, 15) is 19.2 Å². The molecule has 2 rings (SSSR count). The number of rotatable bonds is 13. The molecule has 0 aliphatic rings. The lowest BCUT2D eigenvalue weighted by molar-refractivity contribution is -0.141. The van der Waals surface area contributed by atoms with Gasteiger partial charge in [-0.1, -0.05) is 50.6 Å². The lowest BCUT2D eigenvalue weighted by Crippen LogP contribution is -2.10. The highest BCUT2D eigenvalue weighted by Gasteiger charge is 2.15. The van der Waals surface area contributed by atoms with Gasteiger partial charge in [-0.2, -0.15) is 0 Å². The summed E-state index contributed by atoms with van der Waals surface area (Å²) in [6.45, 7) is 20.3. The fourth-order valence-corrected chi connectivity index (χ4v) is 3.23. The third-order valence-corrected chi connectivity index (χ3v) is 5.57. The van der Waals surface area contributed by atoms with Crippen LogP contribution in [0, 0.1) is 0 Å². The molecule has 8 heteroatoms. The van der Waals surface area contributed by atoms with E-state index < -0.39 is 23.9 Å². The molecule has 0 aliphatic heterocycles. The number of carbonyl (C=O) groups excluding carboxylic acids is 4. The van der Waals surface area contributed by atoms with Gasteiger partial charge in [-0.3, -0.25) is 0 Å². The predicted octanol–water partition coefficient (Wildman–Crippen LogP) is 5.83. The summed E-state index contributed by atoms with van der Waals surface area (Å²) in [5.41, 5.74) is 5.09. The van der Waals surface area contributed by atoms with Crippen molar-refractivity contribution in [2.75, 3.05) is 0 Å². The van der Waals surface area contributed by atoms with Crippen molar-refractivity contribution in [3.8, 4) is 11.1 Å². The van der Waals surface area contributed by atoms with Gasteiger partial charge in [-0.05, 0) is 73.2 Å². The average molecular weight is 547 g/mol. The van der Waals surface area contributed by atoms with Crippen molar-refractivity contribution in [2.24, 2.45) is 0 Å². The summed E-state index contributed by atoms with van der Waals surface area (Å²) < 4.78 is 21.3. The van der Waals surface area contributed by atoms with Crippen LogP contribution in [0.15, 0.2) is 85.0 Å². The van der Waals surface area contributed by atoms with E-state index in [1.54, 1.807) is 39.8 Å². The Hall–Kier alpha value is -4.72. The molecule has 2 aromatic carbocycles. The molecular formula is C32H34O8. The van der Waals surface area contributed by atoms with Gasteiger partial charge in [0, 0.05) is 22.3 Å². The summed E-state index contributed by atoms with van der Waals surface area (Å²) in [6.07, 6.45) is 0. The van der Waals surface area contributed by atoms with Gasteiger partial charge >= 0.3 is 23.9 Å². The number of hydrogen-bond donors (Lipinski definition) is 0. The standard InChI is InChI=1S/C32H34O8/c1-19(2)29(33)37-15-25-11-9-23(13-27(25)17-39-31(35)21(5)6)24-10-12-26(16-38-30(34)20(3)4)28(14-24)18-40-32(36)22(7)8/h9-14H,1,3,5,7,15-18H2,2,4,6,8H3. The zero-order chi connectivity index (χ0) is 30.0. The summed E-state index contributed by atoms with van der Waals surface area (Å²) in [4.78, 5) is 47.9. The van der Waals surface area contributed by atoms with Crippen molar-refractivity contribution in [3.05, 3.63) is 107 Å². The Kier molecular flexibility index (Phi) is 11.4. The molecule has 0 fully saturated rings. The molecule has 0 unspecified atom stereocenters. The molecule has 0 saturated heterocycles. The SMILES string of the molecule is C=C(C)C(=O)OCc1ccc(-c2ccc(COC(=O)C(=C)C)c(COC(=O)C(=C)C)c2)cc1COC(=O)C(=C)C. The summed E-state index contributed by atoms with van der Waals surface area (Å²) >= 11 is 0. The van der Waals surface area contributed by atoms with Crippen molar-refractivity contribution >= 4 is 23.9 Å². The molecule has 40 heavy (non-hydrogen) atoms. The van der Waals surface area contributed by atoms with E-state index >= 15 is 0 Å². The smallest absolute Gasteiger partial charge is 0.333 e. The summed E-state index contributed by atoms with van der Waals surface area (Å²) in [7, 11) is 0. The summed E-state index contributed by atoms with van der Waals surface area (Å²) in [5.74, 6) is -2.17. The Morgan fingerprint density at radius 1 is 0.475 bits per heavy atom. The fraction of sp³-hybridized carbons (Fsp3) is 0.250. The predicted molar refractivity (Wildman–Crippen MR) is 150 cm³/mol. The highest BCUT2D eigenvalue weighted by Crippen LogP contribution is 2.27. The largest absolute Gasteiger partial charge is 0.457 e. The molecule has 8 nitrogen and oxygen atoms in total. The zero-order valence-electron chi connectivity index (χ0n) is 23.4. The first-order valence-electron chi connectivity index (χ1n) is 12.3. The highest BCUT2D eigenvalue weighted by molar-refractivity contribution is 5.88. The van der Waals surface area contributed by atoms with Crippen LogP contribution in [-0.2, 0) is 64.6 Å². The van der Waals surface area contributed by atoms with E-state index in [1.807, 2.05) is 24.3 Å². The number of benzene rings is 2. The van der Waals surface area contributed by atoms with E-state index in [2.05, 4.69) is 26.3 Å². The van der Waals surface area contributed by atoms with E-state index in [1.165, 1.54) is 0 Å². The van der Waals surface area contributed by atoms with Crippen molar-refractivity contribution < 1.29 is 38.1 Å². The van der Waals surface area contributed by atoms with E-state index in [0.29, 0.717) is 22.3 Å². The van der Waals surface area contributed by atoms with Gasteiger partial charge in [-0.15, -0.1) is 0 Å². The van der Waals surface area contributed by atoms with Gasteiger partial charge in [0.1, 0.15) is 26.4 Å². The Bertz CT molecular complexity index is 1270. The van der Waals surface area contributed by atoms with Gasteiger partial charge in [0.15, 0.2) is 0 Å². The van der Waals surface area contributed by atoms with Crippen LogP contribution in [0.1, 0.15) is 49.9 Å². The number of ether oxygens (including phenoxy) is 4. The summed E-state index contributed by atoms with van der Waals surface area (Å²) in [6, 6.07) is 10.8. The van der Waals surface area contributed by atoms with Crippen molar-refractivity contribution in [2.45, 2.75) is 54.1 Å². The molecule has 0 saturated carbocycles. The second-order valence-corrected chi connectivity index (χ2v) is 9.39. The molecule has 0 heterocycles. The molecule has 2 aromatic rings. The van der Waals surface area contributed by atoms with Gasteiger partial charge in [0.25, 0.3) is 0 Å². The minimum absolute atomic E-state index is 0.0406. The lowest BCUT2D eigenvalue weighted by atomic mass is 9.96. The maximum Gasteiger partial charge on any atom is 0.333 e. The first-order valence-corrected chi connectivity index (χ1v) is 12.3. The minimum atomic E-state index is -0.550. The molecule has 0 spiro atoms. The van der Waals surface area contributed by atoms with E-state index in [4.69, 9.17) is 18.9 Å². The molecule has 0 radical (unpaired) electrons. The number of esters is 4. The third kappa shape index (κ3) is 9.23. The molecular weight excluding hydrogens is 512 g/mol. The van der Waals surface area contributed by atoms with Crippen molar-refractivity contribution in [1.82, 2.24) is 0 Å². The van der Waals surface area contributed by atoms with Gasteiger partial charge in [0.05, 0.1) is 0 Å². The van der Waals surface area contributed by atoms with Crippen LogP contribution < -0.4 is 0 Å². The van der Waals surface area contributed by atoms with Crippen molar-refractivity contribution in [1.29, 1.82) is 0 Å². The van der Waals surface area contributed by atoms with Crippen LogP contribution in [0.3, 0.4) is 0 Å². The van der Waals surface area contributed by atoms with Gasteiger partial charge < -0.3 is 18.9 Å². The first kappa shape index (κ1) is 31.5. The molecule has 0 aromatic heterocycles. The average Bonchev–Trinajstić information content (AvgIpc) is 2.91. The van der Waals surface area contributed by atoms with Gasteiger partial charge in [0.2, 0.25) is 0 Å². The normalized spacial score (nSPS) is 10.2. The second-order valence-electron chi connectivity index (χ2n) is 9.39. The van der Waals surface area contributed by atoms with Crippen molar-refractivity contribution in [3.63, 3.8) is 0 Å². The lowest BCUT2D eigenvalue weighted by Gasteiger charge is -2.16. The van der Waals surface area contributed by atoms with Crippen LogP contribution in [0.5, 0.6) is 0 Å². The number of hydrogen-bond acceptors (Lipinski definition) is 8. The first-order chi connectivity index (χ1) is 18.8. The van der Waals surface area contributed by atoms with Crippen LogP contribution in [0.4, 0.5) is 0 Å². The van der Waals surface area contributed by atoms with Crippen LogP contribution in [0.2, 0.25) is 0 Å². The monoisotopic (exact) mass is 546 g/mol. The quantitative estimate of drug-likeness (QED) is 0.176. The third-order valence-electron chi connectivity index (χ3n) is 5.57. The number of carbonyl (C=O) groups is 4. The molecule has 0 aliphatic carbocycles. The van der Waals surface area contributed by atoms with Gasteiger partial charge in [-0.25, -0.2) is 19.2 Å². The van der Waals surface area contributed by atoms with Crippen LogP contribution in [0.25, 0.3) is 11.1 Å². The molecule has 0 N–H and O–H groups in total. The van der Waals surface area contributed by atoms with E-state index in [-0.39, 0.29) is 48.7 Å². The molecule has 0 bridgehead atoms. The Balaban J connectivity index is 2.45. The second kappa shape index (κ2) is 14.4. The van der Waals surface area contributed by atoms with Crippen LogP contribution >= 0.6 is 0 Å². The molecule has 0 amide bonds. The maximum absolute atomic E-state index is 12.0. The maximum atomic E-state index is 12.0. The van der Waals surface area contributed by atoms with Crippen LogP contribution in [-0.4, -0.2) is 23.9 Å². The highest BCUT2D eigenvalue weighted by atomic mass is 16.5. The fourth-order valence-electron chi connectivity index (χ4n) is 3.23. The Morgan fingerprint density at radius 2 is 0.725 bits per heavy atom. The molecule has 0 atom stereocenters. The zero-order valence-corrected chi connectivity index (χ0v) is 23.4.